The van der Waals surface area contributed by atoms with Crippen LogP contribution in [0.1, 0.15) is 16.7 Å². The first-order chi connectivity index (χ1) is 16.6. The van der Waals surface area contributed by atoms with Crippen molar-refractivity contribution >= 4 is 42.4 Å². The molecule has 16 heteroatoms. The fourth-order valence-corrected chi connectivity index (χ4v) is 4.47. The molecule has 0 atom stereocenters. The molecule has 0 saturated carbocycles. The van der Waals surface area contributed by atoms with Crippen LogP contribution in [-0.2, 0) is 42.4 Å². The Balaban J connectivity index is 0.000000711. The van der Waals surface area contributed by atoms with Gasteiger partial charge in [-0.3, -0.25) is 9.11 Å². The van der Waals surface area contributed by atoms with Crippen LogP contribution in [0.15, 0.2) is 87.5 Å². The summed E-state index contributed by atoms with van der Waals surface area (Å²) >= 11 is 0. The summed E-state index contributed by atoms with van der Waals surface area (Å²) in [6.45, 7) is 6.42. The summed E-state index contributed by atoms with van der Waals surface area (Å²) in [5.74, 6) is 0. The number of hydrogen-bond acceptors (Lipinski definition) is 7. The third-order valence-electron chi connectivity index (χ3n) is 3.77. The van der Waals surface area contributed by atoms with Crippen molar-refractivity contribution in [3.8, 4) is 0 Å². The van der Waals surface area contributed by atoms with Gasteiger partial charge in [-0.2, -0.15) is 16.8 Å². The van der Waals surface area contributed by atoms with Crippen molar-refractivity contribution in [2.75, 3.05) is 0 Å². The minimum absolute atomic E-state index is 0.0394. The van der Waals surface area contributed by atoms with Crippen molar-refractivity contribution in [2.24, 2.45) is 0 Å². The van der Waals surface area contributed by atoms with Gasteiger partial charge >= 0.3 is 21.0 Å². The normalized spacial score (nSPS) is 11.2. The highest BCUT2D eigenvalue weighted by molar-refractivity contribution is 7.97. The zero-order valence-electron chi connectivity index (χ0n) is 19.4. The van der Waals surface area contributed by atoms with Gasteiger partial charge in [-0.25, -0.2) is 8.42 Å². The predicted octanol–water partition coefficient (Wildman–Crippen LogP) is 4.64. The smallest absolute Gasteiger partial charge is 0.435 e. The Bertz CT molecular complexity index is 1220. The van der Waals surface area contributed by atoms with Crippen LogP contribution in [0.4, 0.5) is 11.7 Å². The van der Waals surface area contributed by atoms with Gasteiger partial charge in [0.2, 0.25) is 0 Å². The van der Waals surface area contributed by atoms with Crippen LogP contribution in [-0.4, -0.2) is 38.9 Å². The molecule has 0 spiro atoms. The number of rotatable bonds is 3. The van der Waals surface area contributed by atoms with Crippen molar-refractivity contribution in [3.63, 3.8) is 0 Å². The summed E-state index contributed by atoms with van der Waals surface area (Å²) < 4.78 is 104. The number of hydrogen-bond donors (Lipinski definition) is 2. The summed E-state index contributed by atoms with van der Waals surface area (Å²) in [6, 6.07) is 26.8. The lowest BCUT2D eigenvalue weighted by molar-refractivity contribution is 0.416. The fraction of sp³-hybridized carbons (Fsp3) is 0.143. The van der Waals surface area contributed by atoms with Crippen LogP contribution in [0.3, 0.4) is 0 Å². The van der Waals surface area contributed by atoms with Crippen molar-refractivity contribution in [1.29, 1.82) is 0 Å². The minimum atomic E-state index is -5.42. The average Bonchev–Trinajstić information content (AvgIpc) is 2.69. The molecule has 0 heterocycles. The average molecular weight is 605 g/mol. The van der Waals surface area contributed by atoms with Crippen LogP contribution < -0.4 is 0 Å². The van der Waals surface area contributed by atoms with Crippen LogP contribution in [0.25, 0.3) is 0 Å². The maximum atomic E-state index is 10.2. The quantitative estimate of drug-likeness (QED) is 0.246. The van der Waals surface area contributed by atoms with Gasteiger partial charge in [-0.1, -0.05) is 60.9 Å². The zero-order chi connectivity index (χ0) is 29.0. The van der Waals surface area contributed by atoms with Gasteiger partial charge in [0, 0.05) is 0 Å². The fourth-order valence-electron chi connectivity index (χ4n) is 2.43. The number of aryl methyl sites for hydroxylation is 3. The van der Waals surface area contributed by atoms with E-state index in [1.807, 2.05) is 0 Å². The van der Waals surface area contributed by atoms with Crippen molar-refractivity contribution in [1.82, 2.24) is 0 Å². The second-order valence-corrected chi connectivity index (χ2v) is 11.4. The maximum absolute atomic E-state index is 10.2. The molecule has 0 aliphatic carbocycles. The van der Waals surface area contributed by atoms with E-state index in [-0.39, 0.29) is 10.9 Å². The summed E-state index contributed by atoms with van der Waals surface area (Å²) in [5, 5.41) is 0. The molecular formula is C21H23F3O9S4. The van der Waals surface area contributed by atoms with E-state index in [0.717, 1.165) is 0 Å². The second kappa shape index (κ2) is 15.1. The molecule has 0 bridgehead atoms. The molecule has 37 heavy (non-hydrogen) atoms. The molecule has 0 radical (unpaired) electrons. The first-order valence-corrected chi connectivity index (χ1v) is 14.8. The molecule has 0 saturated heterocycles. The topological polar surface area (TPSA) is 166 Å². The van der Waals surface area contributed by atoms with Gasteiger partial charge in [0.25, 0.3) is 10.5 Å². The highest BCUT2D eigenvalue weighted by atomic mass is 32.3. The zero-order valence-corrected chi connectivity index (χ0v) is 22.7. The molecule has 206 valence electrons. The van der Waals surface area contributed by atoms with E-state index >= 15 is 0 Å². The Labute approximate surface area is 217 Å². The lowest BCUT2D eigenvalue weighted by Crippen LogP contribution is -2.04. The third kappa shape index (κ3) is 21.3. The molecule has 0 fully saturated rings. The number of halogens is 3. The molecule has 0 aliphatic rings. The van der Waals surface area contributed by atoms with Gasteiger partial charge in [0.1, 0.15) is 0 Å². The molecule has 0 aliphatic heterocycles. The molecule has 9 nitrogen and oxygen atoms in total. The standard InChI is InChI=1S/C21H21S.3FHO3S/c1-16-4-10-19(11-5-16)22(20-12-6-17(2)7-13-20)21-14-8-18(3)9-15-21;3*1-5(2,3)4/h4-15H,1-3H3;3*(H,2,3,4)/q+1;;;/p-1. The molecule has 0 unspecified atom stereocenters. The van der Waals surface area contributed by atoms with E-state index < -0.39 is 31.5 Å². The van der Waals surface area contributed by atoms with Crippen LogP contribution in [0.5, 0.6) is 0 Å². The molecule has 0 aromatic heterocycles. The van der Waals surface area contributed by atoms with E-state index in [0.29, 0.717) is 0 Å². The molecular weight excluding hydrogens is 581 g/mol. The molecule has 0 amide bonds. The lowest BCUT2D eigenvalue weighted by Gasteiger charge is -2.09. The highest BCUT2D eigenvalue weighted by Gasteiger charge is 2.28. The maximum Gasteiger partial charge on any atom is 0.435 e. The van der Waals surface area contributed by atoms with Crippen molar-refractivity contribution in [2.45, 2.75) is 35.5 Å². The van der Waals surface area contributed by atoms with E-state index in [1.54, 1.807) is 0 Å². The van der Waals surface area contributed by atoms with Crippen LogP contribution in [0, 0.1) is 20.8 Å². The van der Waals surface area contributed by atoms with E-state index in [9.17, 15) is 11.7 Å². The Morgan fingerprint density at radius 1 is 0.541 bits per heavy atom. The second-order valence-electron chi connectivity index (χ2n) is 6.96. The Hall–Kier alpha value is -2.47. The largest absolute Gasteiger partial charge is 0.722 e. The van der Waals surface area contributed by atoms with Crippen molar-refractivity contribution in [3.05, 3.63) is 89.5 Å². The first-order valence-electron chi connectivity index (χ1n) is 9.57. The monoisotopic (exact) mass is 604 g/mol. The van der Waals surface area contributed by atoms with E-state index in [1.165, 1.54) is 31.4 Å². The Morgan fingerprint density at radius 3 is 0.811 bits per heavy atom. The highest BCUT2D eigenvalue weighted by Crippen LogP contribution is 2.31. The first kappa shape index (κ1) is 34.5. The van der Waals surface area contributed by atoms with Gasteiger partial charge < -0.3 is 4.55 Å². The summed E-state index contributed by atoms with van der Waals surface area (Å²) in [7, 11) is -15.8. The van der Waals surface area contributed by atoms with Gasteiger partial charge in [0.15, 0.2) is 14.7 Å². The molecule has 3 aromatic carbocycles. The van der Waals surface area contributed by atoms with Gasteiger partial charge in [0.05, 0.1) is 10.9 Å². The molecule has 3 aromatic rings. The Kier molecular flexibility index (Phi) is 14.1. The summed E-state index contributed by atoms with van der Waals surface area (Å²) in [6.07, 6.45) is 0. The third-order valence-corrected chi connectivity index (χ3v) is 6.00. The minimum Gasteiger partial charge on any atom is -0.722 e. The Morgan fingerprint density at radius 2 is 0.676 bits per heavy atom. The summed E-state index contributed by atoms with van der Waals surface area (Å²) in [4.78, 5) is 4.12. The van der Waals surface area contributed by atoms with E-state index in [4.69, 9.17) is 38.9 Å². The van der Waals surface area contributed by atoms with Crippen LogP contribution >= 0.6 is 0 Å². The summed E-state index contributed by atoms with van der Waals surface area (Å²) in [5.41, 5.74) is 3.92. The predicted molar refractivity (Wildman–Crippen MR) is 132 cm³/mol. The molecule has 2 N–H and O–H groups in total. The lowest BCUT2D eigenvalue weighted by atomic mass is 10.2. The van der Waals surface area contributed by atoms with Crippen LogP contribution in [0.2, 0.25) is 0 Å². The van der Waals surface area contributed by atoms with Gasteiger partial charge in [-0.15, -0.1) is 3.89 Å². The SMILES string of the molecule is Cc1ccc([S+](c2ccc(C)cc2)c2ccc(C)cc2)cc1.O=S(=O)(O)F.O=S(=O)(O)F.O=S(=O)([O-])F. The van der Waals surface area contributed by atoms with E-state index in [2.05, 4.69) is 93.6 Å². The van der Waals surface area contributed by atoms with Crippen molar-refractivity contribution < 1.29 is 50.6 Å². The molecule has 3 rings (SSSR count). The van der Waals surface area contributed by atoms with Gasteiger partial charge in [-0.05, 0) is 57.2 Å². The number of benzene rings is 3.